The van der Waals surface area contributed by atoms with Crippen molar-refractivity contribution in [3.8, 4) is 5.75 Å². The van der Waals surface area contributed by atoms with Gasteiger partial charge in [0.15, 0.2) is 0 Å². The maximum atomic E-state index is 12.3. The summed E-state index contributed by atoms with van der Waals surface area (Å²) < 4.78 is 34.3. The largest absolute Gasteiger partial charge is 0.464 e. The third-order valence-electron chi connectivity index (χ3n) is 4.05. The molecule has 0 spiro atoms. The molecule has 0 saturated carbocycles. The third-order valence-corrected chi connectivity index (χ3v) is 4.35. The van der Waals surface area contributed by atoms with Gasteiger partial charge in [0.05, 0.1) is 17.7 Å². The van der Waals surface area contributed by atoms with Crippen molar-refractivity contribution in [3.63, 3.8) is 0 Å². The van der Waals surface area contributed by atoms with Crippen LogP contribution in [0.25, 0.3) is 11.0 Å². The number of benzene rings is 2. The number of carbonyl (C=O) groups is 1. The highest BCUT2D eigenvalue weighted by Gasteiger charge is 2.13. The summed E-state index contributed by atoms with van der Waals surface area (Å²) in [6, 6.07) is 8.02. The number of hydrogen-bond acceptors (Lipinski definition) is 3. The minimum Gasteiger partial charge on any atom is -0.464 e. The Labute approximate surface area is 153 Å². The monoisotopic (exact) mass is 379 g/mol. The summed E-state index contributed by atoms with van der Waals surface area (Å²) in [6.45, 7) is 1.03. The number of hydrogen-bond donors (Lipinski definition) is 1. The maximum absolute atomic E-state index is 12.3. The number of rotatable bonds is 5. The average molecular weight is 380 g/mol. The van der Waals surface area contributed by atoms with Crippen molar-refractivity contribution in [3.05, 3.63) is 58.3 Å². The van der Waals surface area contributed by atoms with E-state index in [-0.39, 0.29) is 23.1 Å². The third kappa shape index (κ3) is 3.96. The molecule has 0 fully saturated rings. The Hall–Kier alpha value is -2.60. The van der Waals surface area contributed by atoms with E-state index in [9.17, 15) is 13.6 Å². The number of aryl methyl sites for hydroxylation is 2. The zero-order valence-electron chi connectivity index (χ0n) is 14.1. The molecule has 7 heteroatoms. The van der Waals surface area contributed by atoms with Crippen molar-refractivity contribution in [2.24, 2.45) is 0 Å². The Kier molecular flexibility index (Phi) is 5.13. The smallest absolute Gasteiger partial charge is 0.387 e. The van der Waals surface area contributed by atoms with Crippen LogP contribution < -0.4 is 10.1 Å². The van der Waals surface area contributed by atoms with Gasteiger partial charge in [0.1, 0.15) is 11.3 Å². The van der Waals surface area contributed by atoms with Crippen molar-refractivity contribution in [1.29, 1.82) is 0 Å². The Morgan fingerprint density at radius 2 is 1.96 bits per heavy atom. The maximum Gasteiger partial charge on any atom is 0.387 e. The highest BCUT2D eigenvalue weighted by Crippen LogP contribution is 2.29. The summed E-state index contributed by atoms with van der Waals surface area (Å²) in [5.74, 6) is -0.420. The first-order valence-electron chi connectivity index (χ1n) is 7.85. The van der Waals surface area contributed by atoms with Crippen LogP contribution in [0.15, 0.2) is 41.0 Å². The van der Waals surface area contributed by atoms with Crippen molar-refractivity contribution < 1.29 is 22.7 Å². The molecule has 0 unspecified atom stereocenters. The first kappa shape index (κ1) is 18.2. The van der Waals surface area contributed by atoms with Crippen LogP contribution in [0.4, 0.5) is 14.5 Å². The van der Waals surface area contributed by atoms with Gasteiger partial charge < -0.3 is 14.5 Å². The predicted molar refractivity (Wildman–Crippen MR) is 96.1 cm³/mol. The van der Waals surface area contributed by atoms with Crippen LogP contribution in [-0.2, 0) is 11.2 Å². The fourth-order valence-corrected chi connectivity index (χ4v) is 2.85. The van der Waals surface area contributed by atoms with E-state index in [1.165, 1.54) is 18.2 Å². The van der Waals surface area contributed by atoms with Crippen LogP contribution in [-0.4, -0.2) is 12.5 Å². The summed E-state index contributed by atoms with van der Waals surface area (Å²) in [5.41, 5.74) is 4.11. The van der Waals surface area contributed by atoms with Gasteiger partial charge in [0.25, 0.3) is 0 Å². The summed E-state index contributed by atoms with van der Waals surface area (Å²) in [7, 11) is 0. The van der Waals surface area contributed by atoms with Gasteiger partial charge in [-0.1, -0.05) is 11.6 Å². The van der Waals surface area contributed by atoms with E-state index in [2.05, 4.69) is 10.1 Å². The number of furan rings is 1. The molecule has 1 heterocycles. The van der Waals surface area contributed by atoms with E-state index in [4.69, 9.17) is 16.0 Å². The highest BCUT2D eigenvalue weighted by molar-refractivity contribution is 6.32. The van der Waals surface area contributed by atoms with E-state index in [0.29, 0.717) is 5.69 Å². The molecule has 0 aliphatic heterocycles. The molecule has 0 aliphatic rings. The summed E-state index contributed by atoms with van der Waals surface area (Å²) >= 11 is 5.89. The lowest BCUT2D eigenvalue weighted by molar-refractivity contribution is -0.115. The topological polar surface area (TPSA) is 51.5 Å². The molecule has 0 saturated heterocycles. The normalized spacial score (nSPS) is 11.2. The van der Waals surface area contributed by atoms with Crippen LogP contribution in [0.2, 0.25) is 5.02 Å². The van der Waals surface area contributed by atoms with E-state index < -0.39 is 6.61 Å². The Morgan fingerprint density at radius 1 is 1.23 bits per heavy atom. The van der Waals surface area contributed by atoms with Gasteiger partial charge in [-0.2, -0.15) is 8.78 Å². The first-order chi connectivity index (χ1) is 12.3. The van der Waals surface area contributed by atoms with Crippen LogP contribution in [0, 0.1) is 13.8 Å². The molecule has 0 atom stereocenters. The number of anilines is 1. The molecule has 136 valence electrons. The summed E-state index contributed by atoms with van der Waals surface area (Å²) in [5, 5.41) is 3.56. The molecule has 0 radical (unpaired) electrons. The van der Waals surface area contributed by atoms with E-state index in [1.807, 2.05) is 26.0 Å². The van der Waals surface area contributed by atoms with Gasteiger partial charge in [0, 0.05) is 16.6 Å². The van der Waals surface area contributed by atoms with E-state index in [0.717, 1.165) is 27.7 Å². The van der Waals surface area contributed by atoms with E-state index >= 15 is 0 Å². The first-order valence-corrected chi connectivity index (χ1v) is 8.23. The van der Waals surface area contributed by atoms with Crippen LogP contribution >= 0.6 is 11.6 Å². The molecule has 0 aliphatic carbocycles. The molecule has 0 bridgehead atoms. The quantitative estimate of drug-likeness (QED) is 0.638. The number of fused-ring (bicyclic) bond motifs is 1. The number of amides is 1. The van der Waals surface area contributed by atoms with Crippen LogP contribution in [0.1, 0.15) is 16.7 Å². The number of alkyl halides is 2. The van der Waals surface area contributed by atoms with Gasteiger partial charge in [-0.05, 0) is 55.3 Å². The second kappa shape index (κ2) is 7.33. The molecular formula is C19H16ClF2NO3. The van der Waals surface area contributed by atoms with E-state index in [1.54, 1.807) is 6.26 Å². The molecule has 2 aromatic carbocycles. The lowest BCUT2D eigenvalue weighted by atomic mass is 10.0. The highest BCUT2D eigenvalue weighted by atomic mass is 35.5. The van der Waals surface area contributed by atoms with Gasteiger partial charge in [0.2, 0.25) is 5.91 Å². The van der Waals surface area contributed by atoms with Gasteiger partial charge in [-0.3, -0.25) is 4.79 Å². The number of halogens is 3. The second-order valence-electron chi connectivity index (χ2n) is 5.94. The fraction of sp³-hybridized carbons (Fsp3) is 0.211. The number of carbonyl (C=O) groups excluding carboxylic acids is 1. The summed E-state index contributed by atoms with van der Waals surface area (Å²) in [6.07, 6.45) is 1.68. The summed E-state index contributed by atoms with van der Waals surface area (Å²) in [4.78, 5) is 12.3. The zero-order valence-corrected chi connectivity index (χ0v) is 14.9. The van der Waals surface area contributed by atoms with Crippen molar-refractivity contribution in [2.75, 3.05) is 5.32 Å². The molecule has 4 nitrogen and oxygen atoms in total. The lowest BCUT2D eigenvalue weighted by Crippen LogP contribution is -2.14. The molecule has 1 amide bonds. The van der Waals surface area contributed by atoms with Gasteiger partial charge >= 0.3 is 6.61 Å². The SMILES string of the molecule is Cc1cc2occ(CC(=O)Nc3ccc(OC(F)F)c(Cl)c3)c2cc1C. The van der Waals surface area contributed by atoms with Crippen molar-refractivity contribution in [1.82, 2.24) is 0 Å². The molecule has 1 N–H and O–H groups in total. The van der Waals surface area contributed by atoms with Crippen LogP contribution in [0.3, 0.4) is 0 Å². The second-order valence-corrected chi connectivity index (χ2v) is 6.35. The van der Waals surface area contributed by atoms with Crippen molar-refractivity contribution >= 4 is 34.2 Å². The Balaban J connectivity index is 1.73. The van der Waals surface area contributed by atoms with Gasteiger partial charge in [-0.15, -0.1) is 0 Å². The predicted octanol–water partition coefficient (Wildman–Crippen LogP) is 5.49. The Morgan fingerprint density at radius 3 is 2.65 bits per heavy atom. The standard InChI is InChI=1S/C19H16ClF2NO3/c1-10-5-14-12(9-25-17(14)6-11(10)2)7-18(24)23-13-3-4-16(15(20)8-13)26-19(21)22/h3-6,8-9,19H,7H2,1-2H3,(H,23,24). The zero-order chi connectivity index (χ0) is 18.8. The molecule has 26 heavy (non-hydrogen) atoms. The minimum absolute atomic E-state index is 0.0111. The molecular weight excluding hydrogens is 364 g/mol. The minimum atomic E-state index is -2.96. The van der Waals surface area contributed by atoms with Crippen molar-refractivity contribution in [2.45, 2.75) is 26.9 Å². The molecule has 3 aromatic rings. The lowest BCUT2D eigenvalue weighted by Gasteiger charge is -2.09. The molecule has 3 rings (SSSR count). The Bertz CT molecular complexity index is 969. The average Bonchev–Trinajstić information content (AvgIpc) is 2.92. The molecule has 1 aromatic heterocycles. The fourth-order valence-electron chi connectivity index (χ4n) is 2.62. The number of ether oxygens (including phenoxy) is 1. The van der Waals surface area contributed by atoms with Crippen LogP contribution in [0.5, 0.6) is 5.75 Å². The van der Waals surface area contributed by atoms with Gasteiger partial charge in [-0.25, -0.2) is 0 Å². The number of nitrogens with one attached hydrogen (secondary N) is 1.